The molecule has 0 saturated heterocycles. The second-order valence-electron chi connectivity index (χ2n) is 6.47. The molecule has 6 nitrogen and oxygen atoms in total. The van der Waals surface area contributed by atoms with Gasteiger partial charge in [-0.25, -0.2) is 9.78 Å². The van der Waals surface area contributed by atoms with E-state index in [1.54, 1.807) is 43.6 Å². The van der Waals surface area contributed by atoms with Gasteiger partial charge in [0, 0.05) is 24.2 Å². The van der Waals surface area contributed by atoms with E-state index in [1.165, 1.54) is 0 Å². The molecule has 9 heteroatoms. The number of nitrogens with one attached hydrogen (secondary N) is 2. The molecule has 156 valence electrons. The number of benzene rings is 1. The van der Waals surface area contributed by atoms with E-state index >= 15 is 0 Å². The number of hydrogen-bond donors (Lipinski definition) is 2. The summed E-state index contributed by atoms with van der Waals surface area (Å²) >= 11 is 0. The first-order chi connectivity index (χ1) is 14.3. The Balaban J connectivity index is 1.54. The summed E-state index contributed by atoms with van der Waals surface area (Å²) in [6.45, 7) is 2.14. The lowest BCUT2D eigenvalue weighted by molar-refractivity contribution is -0.137. The molecule has 0 fully saturated rings. The number of halogens is 3. The van der Waals surface area contributed by atoms with Crippen LogP contribution < -0.4 is 15.4 Å². The number of carbonyl (C=O) groups excluding carboxylic acids is 1. The molecule has 30 heavy (non-hydrogen) atoms. The second-order valence-corrected chi connectivity index (χ2v) is 6.47. The van der Waals surface area contributed by atoms with E-state index in [9.17, 15) is 18.0 Å². The van der Waals surface area contributed by atoms with Gasteiger partial charge in [-0.3, -0.25) is 10.3 Å². The normalized spacial score (nSPS) is 12.1. The molecule has 3 rings (SSSR count). The first-order valence-corrected chi connectivity index (χ1v) is 9.04. The monoisotopic (exact) mass is 416 g/mol. The van der Waals surface area contributed by atoms with Gasteiger partial charge in [0.25, 0.3) is 0 Å². The molecule has 0 saturated carbocycles. The van der Waals surface area contributed by atoms with Crippen LogP contribution in [0.4, 0.5) is 23.8 Å². The topological polar surface area (TPSA) is 76.1 Å². The number of aromatic nitrogens is 2. The van der Waals surface area contributed by atoms with Crippen LogP contribution in [0.1, 0.15) is 29.7 Å². The van der Waals surface area contributed by atoms with E-state index in [-0.39, 0.29) is 11.9 Å². The fraction of sp³-hybridized carbons (Fsp3) is 0.190. The van der Waals surface area contributed by atoms with Crippen molar-refractivity contribution in [3.63, 3.8) is 0 Å². The third-order valence-corrected chi connectivity index (χ3v) is 4.18. The predicted molar refractivity (Wildman–Crippen MR) is 105 cm³/mol. The molecule has 1 atom stereocenters. The van der Waals surface area contributed by atoms with E-state index in [0.717, 1.165) is 29.5 Å². The third-order valence-electron chi connectivity index (χ3n) is 4.18. The number of anilines is 1. The molecule has 1 aromatic carbocycles. The lowest BCUT2D eigenvalue weighted by Crippen LogP contribution is -2.31. The fourth-order valence-electron chi connectivity index (χ4n) is 2.61. The van der Waals surface area contributed by atoms with Gasteiger partial charge in [0.05, 0.1) is 11.6 Å². The Kier molecular flexibility index (Phi) is 6.51. The Morgan fingerprint density at radius 3 is 2.57 bits per heavy atom. The Labute approximate surface area is 171 Å². The van der Waals surface area contributed by atoms with Gasteiger partial charge in [-0.05, 0) is 42.8 Å². The maximum Gasteiger partial charge on any atom is 0.416 e. The van der Waals surface area contributed by atoms with E-state index in [4.69, 9.17) is 4.74 Å². The van der Waals surface area contributed by atoms with E-state index in [0.29, 0.717) is 12.4 Å². The maximum absolute atomic E-state index is 12.8. The summed E-state index contributed by atoms with van der Waals surface area (Å²) in [4.78, 5) is 19.9. The maximum atomic E-state index is 12.8. The van der Waals surface area contributed by atoms with Gasteiger partial charge in [-0.2, -0.15) is 13.2 Å². The lowest BCUT2D eigenvalue weighted by Gasteiger charge is -2.16. The average molecular weight is 416 g/mol. The van der Waals surface area contributed by atoms with E-state index in [1.807, 2.05) is 12.1 Å². The van der Waals surface area contributed by atoms with E-state index in [2.05, 4.69) is 20.6 Å². The van der Waals surface area contributed by atoms with Crippen molar-refractivity contribution in [3.05, 3.63) is 83.8 Å². The summed E-state index contributed by atoms with van der Waals surface area (Å²) in [6.07, 6.45) is -0.111. The van der Waals surface area contributed by atoms with Crippen molar-refractivity contribution in [1.29, 1.82) is 0 Å². The van der Waals surface area contributed by atoms with Crippen molar-refractivity contribution < 1.29 is 22.7 Å². The van der Waals surface area contributed by atoms with Crippen molar-refractivity contribution >= 4 is 11.8 Å². The van der Waals surface area contributed by atoms with Crippen molar-refractivity contribution in [2.24, 2.45) is 0 Å². The highest BCUT2D eigenvalue weighted by Crippen LogP contribution is 2.29. The molecule has 1 unspecified atom stereocenters. The van der Waals surface area contributed by atoms with Crippen LogP contribution in [-0.2, 0) is 12.8 Å². The summed E-state index contributed by atoms with van der Waals surface area (Å²) in [5, 5.41) is 4.97. The third kappa shape index (κ3) is 5.94. The number of urea groups is 1. The number of hydrogen-bond acceptors (Lipinski definition) is 4. The summed E-state index contributed by atoms with van der Waals surface area (Å²) in [6, 6.07) is 11.4. The number of carbonyl (C=O) groups is 1. The zero-order chi connectivity index (χ0) is 21.6. The Morgan fingerprint density at radius 1 is 1.13 bits per heavy atom. The van der Waals surface area contributed by atoms with Crippen LogP contribution in [0.3, 0.4) is 0 Å². The molecular weight excluding hydrogens is 397 g/mol. The van der Waals surface area contributed by atoms with Gasteiger partial charge >= 0.3 is 12.2 Å². The van der Waals surface area contributed by atoms with Crippen LogP contribution >= 0.6 is 0 Å². The highest BCUT2D eigenvalue weighted by molar-refractivity contribution is 5.88. The quantitative estimate of drug-likeness (QED) is 0.596. The van der Waals surface area contributed by atoms with Crippen LogP contribution in [-0.4, -0.2) is 16.0 Å². The highest BCUT2D eigenvalue weighted by atomic mass is 19.4. The average Bonchev–Trinajstić information content (AvgIpc) is 2.73. The first-order valence-electron chi connectivity index (χ1n) is 9.04. The SMILES string of the molecule is CC(NC(=O)Nc1cc(C(F)(F)F)ccn1)c1ccc(OCc2cccnc2)cc1. The molecule has 0 aliphatic carbocycles. The molecule has 0 aliphatic rings. The second kappa shape index (κ2) is 9.25. The zero-order valence-electron chi connectivity index (χ0n) is 16.0. The van der Waals surface area contributed by atoms with Crippen molar-refractivity contribution in [3.8, 4) is 5.75 Å². The molecule has 0 aliphatic heterocycles. The summed E-state index contributed by atoms with van der Waals surface area (Å²) < 4.78 is 43.9. The minimum Gasteiger partial charge on any atom is -0.489 e. The molecule has 2 heterocycles. The van der Waals surface area contributed by atoms with Gasteiger partial charge in [-0.15, -0.1) is 0 Å². The van der Waals surface area contributed by atoms with Crippen LogP contribution in [0, 0.1) is 0 Å². The fourth-order valence-corrected chi connectivity index (χ4v) is 2.61. The minimum atomic E-state index is -4.51. The smallest absolute Gasteiger partial charge is 0.416 e. The standard InChI is InChI=1S/C21H19F3N4O2/c1-14(27-20(29)28-19-11-17(8-10-26-19)21(22,23)24)16-4-6-18(7-5-16)30-13-15-3-2-9-25-12-15/h2-12,14H,13H2,1H3,(H2,26,27,28,29). The number of pyridine rings is 2. The summed E-state index contributed by atoms with van der Waals surface area (Å²) in [7, 11) is 0. The number of alkyl halides is 3. The summed E-state index contributed by atoms with van der Waals surface area (Å²) in [5.74, 6) is 0.473. The zero-order valence-corrected chi connectivity index (χ0v) is 16.0. The molecule has 0 bridgehead atoms. The van der Waals surface area contributed by atoms with Gasteiger partial charge in [0.2, 0.25) is 0 Å². The Hall–Kier alpha value is -3.62. The molecular formula is C21H19F3N4O2. The van der Waals surface area contributed by atoms with E-state index < -0.39 is 17.8 Å². The lowest BCUT2D eigenvalue weighted by atomic mass is 10.1. The van der Waals surface area contributed by atoms with Crippen LogP contribution in [0.5, 0.6) is 5.75 Å². The first kappa shape index (κ1) is 21.1. The number of ether oxygens (including phenoxy) is 1. The van der Waals surface area contributed by atoms with Crippen LogP contribution in [0.15, 0.2) is 67.1 Å². The minimum absolute atomic E-state index is 0.186. The van der Waals surface area contributed by atoms with Gasteiger partial charge < -0.3 is 10.1 Å². The van der Waals surface area contributed by atoms with Crippen molar-refractivity contribution in [2.45, 2.75) is 25.7 Å². The largest absolute Gasteiger partial charge is 0.489 e. The van der Waals surface area contributed by atoms with Crippen LogP contribution in [0.2, 0.25) is 0 Å². The Bertz CT molecular complexity index is 980. The highest BCUT2D eigenvalue weighted by Gasteiger charge is 2.30. The predicted octanol–water partition coefficient (Wildman–Crippen LogP) is 4.96. The molecule has 2 amide bonds. The van der Waals surface area contributed by atoms with Gasteiger partial charge in [-0.1, -0.05) is 18.2 Å². The van der Waals surface area contributed by atoms with Crippen molar-refractivity contribution in [2.75, 3.05) is 5.32 Å². The number of nitrogens with zero attached hydrogens (tertiary/aromatic N) is 2. The molecule has 0 radical (unpaired) electrons. The summed E-state index contributed by atoms with van der Waals surface area (Å²) in [5.41, 5.74) is 0.857. The number of rotatable bonds is 6. The Morgan fingerprint density at radius 2 is 1.90 bits per heavy atom. The van der Waals surface area contributed by atoms with Crippen molar-refractivity contribution in [1.82, 2.24) is 15.3 Å². The molecule has 2 aromatic heterocycles. The molecule has 2 N–H and O–H groups in total. The number of amides is 2. The van der Waals surface area contributed by atoms with Gasteiger partial charge in [0.1, 0.15) is 18.2 Å². The van der Waals surface area contributed by atoms with Gasteiger partial charge in [0.15, 0.2) is 0 Å². The molecule has 0 spiro atoms. The van der Waals surface area contributed by atoms with Crippen LogP contribution in [0.25, 0.3) is 0 Å². The molecule has 3 aromatic rings.